The fourth-order valence-corrected chi connectivity index (χ4v) is 2.55. The molecule has 2 aromatic rings. The Labute approximate surface area is 128 Å². The third-order valence-corrected chi connectivity index (χ3v) is 4.10. The molecule has 0 saturated heterocycles. The molecule has 0 fully saturated rings. The zero-order chi connectivity index (χ0) is 15.3. The van der Waals surface area contributed by atoms with Crippen molar-refractivity contribution in [1.29, 1.82) is 0 Å². The van der Waals surface area contributed by atoms with Gasteiger partial charge in [-0.3, -0.25) is 4.98 Å². The lowest BCUT2D eigenvalue weighted by molar-refractivity contribution is 0.240. The van der Waals surface area contributed by atoms with E-state index in [0.717, 1.165) is 16.4 Å². The molecule has 0 aromatic carbocycles. The van der Waals surface area contributed by atoms with Crippen LogP contribution in [0.25, 0.3) is 0 Å². The summed E-state index contributed by atoms with van der Waals surface area (Å²) in [4.78, 5) is 20.4. The fraction of sp³-hybridized carbons (Fsp3) is 0.400. The predicted molar refractivity (Wildman–Crippen MR) is 84.1 cm³/mol. The van der Waals surface area contributed by atoms with Crippen LogP contribution in [0, 0.1) is 0 Å². The van der Waals surface area contributed by atoms with Gasteiger partial charge in [0.2, 0.25) is 0 Å². The van der Waals surface area contributed by atoms with E-state index in [2.05, 4.69) is 41.4 Å². The third kappa shape index (κ3) is 4.82. The highest BCUT2D eigenvalue weighted by molar-refractivity contribution is 7.09. The van der Waals surface area contributed by atoms with Gasteiger partial charge in [0.1, 0.15) is 0 Å². The number of hydrogen-bond acceptors (Lipinski definition) is 4. The first-order valence-electron chi connectivity index (χ1n) is 6.81. The van der Waals surface area contributed by atoms with E-state index < -0.39 is 0 Å². The van der Waals surface area contributed by atoms with Gasteiger partial charge in [-0.15, -0.1) is 11.3 Å². The minimum Gasteiger partial charge on any atom is -0.333 e. The molecule has 2 aromatic heterocycles. The standard InChI is InChI=1S/C15H20N4OS/c1-15(2,3)13-19-12(10-21-13)9-18-14(20)17-8-11-6-4-5-7-16-11/h4-7,10H,8-9H2,1-3H3,(H2,17,18,20). The molecule has 0 bridgehead atoms. The molecule has 21 heavy (non-hydrogen) atoms. The van der Waals surface area contributed by atoms with Gasteiger partial charge in [-0.2, -0.15) is 0 Å². The van der Waals surface area contributed by atoms with E-state index in [0.29, 0.717) is 13.1 Å². The molecule has 0 radical (unpaired) electrons. The van der Waals surface area contributed by atoms with Crippen LogP contribution < -0.4 is 10.6 Å². The molecule has 2 rings (SSSR count). The molecular formula is C15H20N4OS. The number of urea groups is 1. The molecular weight excluding hydrogens is 284 g/mol. The minimum absolute atomic E-state index is 0.0458. The molecule has 5 nitrogen and oxygen atoms in total. The molecule has 6 heteroatoms. The molecule has 2 heterocycles. The van der Waals surface area contributed by atoms with Crippen LogP contribution >= 0.6 is 11.3 Å². The van der Waals surface area contributed by atoms with Crippen LogP contribution in [-0.2, 0) is 18.5 Å². The Balaban J connectivity index is 1.78. The van der Waals surface area contributed by atoms with Crippen molar-refractivity contribution in [1.82, 2.24) is 20.6 Å². The molecule has 2 amide bonds. The minimum atomic E-state index is -0.217. The molecule has 0 atom stereocenters. The molecule has 112 valence electrons. The molecule has 0 aliphatic carbocycles. The second-order valence-corrected chi connectivity index (χ2v) is 6.61. The summed E-state index contributed by atoms with van der Waals surface area (Å²) in [6.07, 6.45) is 1.71. The average molecular weight is 304 g/mol. The Morgan fingerprint density at radius 3 is 2.48 bits per heavy atom. The number of carbonyl (C=O) groups is 1. The van der Waals surface area contributed by atoms with Gasteiger partial charge in [-0.1, -0.05) is 26.8 Å². The predicted octanol–water partition coefficient (Wildman–Crippen LogP) is 2.84. The van der Waals surface area contributed by atoms with E-state index >= 15 is 0 Å². The fourth-order valence-electron chi connectivity index (χ4n) is 1.64. The number of hydrogen-bond donors (Lipinski definition) is 2. The van der Waals surface area contributed by atoms with Gasteiger partial charge in [0.05, 0.1) is 29.5 Å². The normalized spacial score (nSPS) is 11.2. The molecule has 0 unspecified atom stereocenters. The zero-order valence-electron chi connectivity index (χ0n) is 12.5. The van der Waals surface area contributed by atoms with Crippen molar-refractivity contribution in [3.8, 4) is 0 Å². The van der Waals surface area contributed by atoms with Crippen molar-refractivity contribution >= 4 is 17.4 Å². The number of carbonyl (C=O) groups excluding carboxylic acids is 1. The average Bonchev–Trinajstić information content (AvgIpc) is 2.93. The molecule has 0 saturated carbocycles. The highest BCUT2D eigenvalue weighted by atomic mass is 32.1. The van der Waals surface area contributed by atoms with E-state index in [1.54, 1.807) is 17.5 Å². The smallest absolute Gasteiger partial charge is 0.315 e. The molecule has 0 aliphatic heterocycles. The number of nitrogens with zero attached hydrogens (tertiary/aromatic N) is 2. The highest BCUT2D eigenvalue weighted by Crippen LogP contribution is 2.25. The Hall–Kier alpha value is -1.95. The Kier molecular flexibility index (Phi) is 4.90. The van der Waals surface area contributed by atoms with Gasteiger partial charge in [0.25, 0.3) is 0 Å². The monoisotopic (exact) mass is 304 g/mol. The van der Waals surface area contributed by atoms with Crippen LogP contribution in [0.2, 0.25) is 0 Å². The van der Waals surface area contributed by atoms with Crippen molar-refractivity contribution in [2.45, 2.75) is 39.3 Å². The number of nitrogens with one attached hydrogen (secondary N) is 2. The molecule has 0 aliphatic rings. The van der Waals surface area contributed by atoms with E-state index in [-0.39, 0.29) is 11.4 Å². The third-order valence-electron chi connectivity index (χ3n) is 2.78. The van der Waals surface area contributed by atoms with Crippen molar-refractivity contribution in [2.75, 3.05) is 0 Å². The quantitative estimate of drug-likeness (QED) is 0.912. The van der Waals surface area contributed by atoms with Crippen molar-refractivity contribution in [3.05, 3.63) is 46.2 Å². The van der Waals surface area contributed by atoms with Crippen LogP contribution in [0.15, 0.2) is 29.8 Å². The summed E-state index contributed by atoms with van der Waals surface area (Å²) in [6, 6.07) is 5.39. The van der Waals surface area contributed by atoms with E-state index in [4.69, 9.17) is 0 Å². The van der Waals surface area contributed by atoms with Crippen LogP contribution in [0.4, 0.5) is 4.79 Å². The summed E-state index contributed by atoms with van der Waals surface area (Å²) >= 11 is 1.63. The van der Waals surface area contributed by atoms with Crippen molar-refractivity contribution in [3.63, 3.8) is 0 Å². The largest absolute Gasteiger partial charge is 0.333 e. The molecule has 2 N–H and O–H groups in total. The first-order chi connectivity index (χ1) is 9.95. The van der Waals surface area contributed by atoms with Crippen LogP contribution in [0.1, 0.15) is 37.2 Å². The van der Waals surface area contributed by atoms with Crippen molar-refractivity contribution < 1.29 is 4.79 Å². The lowest BCUT2D eigenvalue weighted by Crippen LogP contribution is -2.34. The number of pyridine rings is 1. The lowest BCUT2D eigenvalue weighted by atomic mass is 9.98. The Morgan fingerprint density at radius 1 is 1.19 bits per heavy atom. The van der Waals surface area contributed by atoms with Gasteiger partial charge >= 0.3 is 6.03 Å². The first kappa shape index (κ1) is 15.4. The molecule has 0 spiro atoms. The second-order valence-electron chi connectivity index (χ2n) is 5.75. The van der Waals surface area contributed by atoms with E-state index in [9.17, 15) is 4.79 Å². The lowest BCUT2D eigenvalue weighted by Gasteiger charge is -2.13. The van der Waals surface area contributed by atoms with Gasteiger partial charge < -0.3 is 10.6 Å². The van der Waals surface area contributed by atoms with Crippen LogP contribution in [0.5, 0.6) is 0 Å². The Morgan fingerprint density at radius 2 is 1.90 bits per heavy atom. The van der Waals surface area contributed by atoms with Gasteiger partial charge in [-0.05, 0) is 12.1 Å². The number of rotatable bonds is 4. The first-order valence-corrected chi connectivity index (χ1v) is 7.69. The van der Waals surface area contributed by atoms with Crippen LogP contribution in [-0.4, -0.2) is 16.0 Å². The van der Waals surface area contributed by atoms with Gasteiger partial charge in [0, 0.05) is 17.0 Å². The maximum atomic E-state index is 11.7. The van der Waals surface area contributed by atoms with Gasteiger partial charge in [0.15, 0.2) is 0 Å². The topological polar surface area (TPSA) is 66.9 Å². The van der Waals surface area contributed by atoms with Gasteiger partial charge in [-0.25, -0.2) is 9.78 Å². The summed E-state index contributed by atoms with van der Waals surface area (Å²) in [5.41, 5.74) is 1.76. The SMILES string of the molecule is CC(C)(C)c1nc(CNC(=O)NCc2ccccn2)cs1. The zero-order valence-corrected chi connectivity index (χ0v) is 13.3. The number of aromatic nitrogens is 2. The maximum absolute atomic E-state index is 11.7. The van der Waals surface area contributed by atoms with E-state index in [1.165, 1.54) is 0 Å². The number of amides is 2. The Bertz CT molecular complexity index is 589. The highest BCUT2D eigenvalue weighted by Gasteiger charge is 2.17. The maximum Gasteiger partial charge on any atom is 0.315 e. The van der Waals surface area contributed by atoms with Crippen molar-refractivity contribution in [2.24, 2.45) is 0 Å². The summed E-state index contributed by atoms with van der Waals surface area (Å²) in [5.74, 6) is 0. The number of thiazole rings is 1. The summed E-state index contributed by atoms with van der Waals surface area (Å²) in [7, 11) is 0. The summed E-state index contributed by atoms with van der Waals surface area (Å²) in [6.45, 7) is 7.23. The van der Waals surface area contributed by atoms with Crippen LogP contribution in [0.3, 0.4) is 0 Å². The second kappa shape index (κ2) is 6.67. The summed E-state index contributed by atoms with van der Waals surface area (Å²) < 4.78 is 0. The summed E-state index contributed by atoms with van der Waals surface area (Å²) in [5, 5.41) is 8.63. The van der Waals surface area contributed by atoms with E-state index in [1.807, 2.05) is 23.6 Å².